The minimum Gasteiger partial charge on any atom is -0.497 e. The van der Waals surface area contributed by atoms with Gasteiger partial charge in [-0.15, -0.1) is 0 Å². The van der Waals surface area contributed by atoms with E-state index in [4.69, 9.17) is 9.47 Å². The van der Waals surface area contributed by atoms with E-state index in [2.05, 4.69) is 26.2 Å². The second kappa shape index (κ2) is 8.30. The summed E-state index contributed by atoms with van der Waals surface area (Å²) in [6.45, 7) is 0. The van der Waals surface area contributed by atoms with Gasteiger partial charge >= 0.3 is 0 Å². The Kier molecular flexibility index (Phi) is 5.84. The molecular weight excluding hydrogens is 428 g/mol. The zero-order valence-corrected chi connectivity index (χ0v) is 17.1. The first-order valence-electron chi connectivity index (χ1n) is 8.33. The topological polar surface area (TPSA) is 91.4 Å². The Hall–Kier alpha value is -3.07. The van der Waals surface area contributed by atoms with E-state index in [0.717, 1.165) is 5.56 Å². The SMILES string of the molecule is COc1cc(OC)cc(C(Nc2ccc(Br)cc2[N+](=O)[O-])c2nccn2C)c1. The highest BCUT2D eigenvalue weighted by Gasteiger charge is 2.24. The van der Waals surface area contributed by atoms with Crippen LogP contribution in [0.15, 0.2) is 53.3 Å². The lowest BCUT2D eigenvalue weighted by atomic mass is 10.0. The van der Waals surface area contributed by atoms with E-state index in [1.54, 1.807) is 38.6 Å². The molecule has 0 radical (unpaired) electrons. The predicted octanol–water partition coefficient (Wildman–Crippen LogP) is 4.31. The number of hydrogen-bond acceptors (Lipinski definition) is 6. The maximum absolute atomic E-state index is 11.5. The Bertz CT molecular complexity index is 983. The summed E-state index contributed by atoms with van der Waals surface area (Å²) in [6, 6.07) is 9.86. The lowest BCUT2D eigenvalue weighted by Crippen LogP contribution is -2.17. The Morgan fingerprint density at radius 1 is 1.18 bits per heavy atom. The lowest BCUT2D eigenvalue weighted by molar-refractivity contribution is -0.384. The monoisotopic (exact) mass is 446 g/mol. The zero-order valence-electron chi connectivity index (χ0n) is 15.5. The molecule has 1 heterocycles. The van der Waals surface area contributed by atoms with Crippen molar-refractivity contribution in [3.63, 3.8) is 0 Å². The number of nitro benzene ring substituents is 1. The normalized spacial score (nSPS) is 11.7. The van der Waals surface area contributed by atoms with Gasteiger partial charge in [-0.1, -0.05) is 15.9 Å². The number of rotatable bonds is 7. The third-order valence-corrected chi connectivity index (χ3v) is 4.77. The van der Waals surface area contributed by atoms with Crippen LogP contribution in [0.2, 0.25) is 0 Å². The van der Waals surface area contributed by atoms with E-state index >= 15 is 0 Å². The Balaban J connectivity index is 2.13. The van der Waals surface area contributed by atoms with E-state index in [9.17, 15) is 10.1 Å². The van der Waals surface area contributed by atoms with Gasteiger partial charge in [-0.05, 0) is 29.8 Å². The first-order valence-corrected chi connectivity index (χ1v) is 9.13. The number of benzene rings is 2. The predicted molar refractivity (Wildman–Crippen MR) is 109 cm³/mol. The number of nitro groups is 1. The van der Waals surface area contributed by atoms with Crippen LogP contribution < -0.4 is 14.8 Å². The Morgan fingerprint density at radius 3 is 2.39 bits per heavy atom. The van der Waals surface area contributed by atoms with Crippen LogP contribution in [0.5, 0.6) is 11.5 Å². The first-order chi connectivity index (χ1) is 13.4. The summed E-state index contributed by atoms with van der Waals surface area (Å²) in [5.41, 5.74) is 1.13. The Morgan fingerprint density at radius 2 is 1.86 bits per heavy atom. The molecule has 2 aromatic carbocycles. The summed E-state index contributed by atoms with van der Waals surface area (Å²) < 4.78 is 13.2. The molecule has 0 aliphatic carbocycles. The Labute approximate surface area is 170 Å². The van der Waals surface area contributed by atoms with Gasteiger partial charge in [0.05, 0.1) is 19.1 Å². The molecule has 8 nitrogen and oxygen atoms in total. The van der Waals surface area contributed by atoms with Gasteiger partial charge in [-0.2, -0.15) is 0 Å². The van der Waals surface area contributed by atoms with Crippen molar-refractivity contribution in [1.82, 2.24) is 9.55 Å². The van der Waals surface area contributed by atoms with Crippen LogP contribution in [-0.4, -0.2) is 28.7 Å². The molecule has 1 aromatic heterocycles. The van der Waals surface area contributed by atoms with E-state index in [1.165, 1.54) is 6.07 Å². The fourth-order valence-electron chi connectivity index (χ4n) is 2.88. The van der Waals surface area contributed by atoms with Crippen molar-refractivity contribution in [2.45, 2.75) is 6.04 Å². The van der Waals surface area contributed by atoms with E-state index in [0.29, 0.717) is 27.5 Å². The molecule has 0 spiro atoms. The highest BCUT2D eigenvalue weighted by Crippen LogP contribution is 2.35. The van der Waals surface area contributed by atoms with E-state index in [-0.39, 0.29) is 5.69 Å². The molecule has 1 atom stereocenters. The number of methoxy groups -OCH3 is 2. The minimum atomic E-state index is -0.469. The van der Waals surface area contributed by atoms with Crippen LogP contribution in [0, 0.1) is 10.1 Å². The molecule has 0 fully saturated rings. The molecule has 0 aliphatic rings. The molecular formula is C19H19BrN4O4. The lowest BCUT2D eigenvalue weighted by Gasteiger charge is -2.21. The quantitative estimate of drug-likeness (QED) is 0.429. The van der Waals surface area contributed by atoms with Crippen LogP contribution >= 0.6 is 15.9 Å². The molecule has 146 valence electrons. The summed E-state index contributed by atoms with van der Waals surface area (Å²) >= 11 is 3.28. The van der Waals surface area contributed by atoms with Crippen molar-refractivity contribution in [3.8, 4) is 11.5 Å². The largest absolute Gasteiger partial charge is 0.497 e. The summed E-state index contributed by atoms with van der Waals surface area (Å²) in [6.07, 6.45) is 3.49. The molecule has 3 rings (SSSR count). The van der Waals surface area contributed by atoms with Crippen molar-refractivity contribution in [2.75, 3.05) is 19.5 Å². The second-order valence-corrected chi connectivity index (χ2v) is 6.95. The molecule has 0 aliphatic heterocycles. The van der Waals surface area contributed by atoms with Gasteiger partial charge in [0.2, 0.25) is 0 Å². The third kappa shape index (κ3) is 4.09. The second-order valence-electron chi connectivity index (χ2n) is 6.04. The molecule has 9 heteroatoms. The highest BCUT2D eigenvalue weighted by atomic mass is 79.9. The number of ether oxygens (including phenoxy) is 2. The maximum Gasteiger partial charge on any atom is 0.293 e. The number of halogens is 1. The third-order valence-electron chi connectivity index (χ3n) is 4.28. The summed E-state index contributed by atoms with van der Waals surface area (Å²) in [5, 5.41) is 14.8. The number of nitrogens with one attached hydrogen (secondary N) is 1. The van der Waals surface area contributed by atoms with Gasteiger partial charge in [-0.25, -0.2) is 4.98 Å². The van der Waals surface area contributed by atoms with Crippen molar-refractivity contribution in [2.24, 2.45) is 7.05 Å². The minimum absolute atomic E-state index is 0.0385. The number of aryl methyl sites for hydroxylation is 1. The fourth-order valence-corrected chi connectivity index (χ4v) is 3.23. The molecule has 0 saturated heterocycles. The van der Waals surface area contributed by atoms with Gasteiger partial charge < -0.3 is 19.4 Å². The number of imidazole rings is 1. The molecule has 3 aromatic rings. The average molecular weight is 447 g/mol. The number of nitrogens with zero attached hydrogens (tertiary/aromatic N) is 3. The van der Waals surface area contributed by atoms with Gasteiger partial charge in [0.25, 0.3) is 5.69 Å². The van der Waals surface area contributed by atoms with Crippen molar-refractivity contribution < 1.29 is 14.4 Å². The van der Waals surface area contributed by atoms with Crippen LogP contribution in [0.25, 0.3) is 0 Å². The average Bonchev–Trinajstić information content (AvgIpc) is 3.11. The van der Waals surface area contributed by atoms with Gasteiger partial charge in [-0.3, -0.25) is 10.1 Å². The maximum atomic E-state index is 11.5. The number of hydrogen-bond donors (Lipinski definition) is 1. The van der Waals surface area contributed by atoms with Crippen LogP contribution in [0.3, 0.4) is 0 Å². The van der Waals surface area contributed by atoms with E-state index in [1.807, 2.05) is 29.9 Å². The van der Waals surface area contributed by atoms with Crippen LogP contribution in [0.1, 0.15) is 17.4 Å². The standard InChI is InChI=1S/C19H19BrN4O4/c1-23-7-6-21-19(23)18(12-8-14(27-2)11-15(9-12)28-3)22-16-5-4-13(20)10-17(16)24(25)26/h4-11,18,22H,1-3H3. The van der Waals surface area contributed by atoms with Gasteiger partial charge in [0.15, 0.2) is 0 Å². The van der Waals surface area contributed by atoms with Crippen molar-refractivity contribution in [3.05, 3.63) is 74.8 Å². The zero-order chi connectivity index (χ0) is 20.3. The first kappa shape index (κ1) is 19.7. The van der Waals surface area contributed by atoms with Gasteiger partial charge in [0.1, 0.15) is 29.1 Å². The smallest absolute Gasteiger partial charge is 0.293 e. The molecule has 1 N–H and O–H groups in total. The van der Waals surface area contributed by atoms with Crippen molar-refractivity contribution in [1.29, 1.82) is 0 Å². The molecule has 0 bridgehead atoms. The summed E-state index contributed by atoms with van der Waals surface area (Å²) in [5.74, 6) is 1.91. The van der Waals surface area contributed by atoms with Crippen LogP contribution in [-0.2, 0) is 7.05 Å². The number of anilines is 1. The molecule has 28 heavy (non-hydrogen) atoms. The molecule has 1 unspecified atom stereocenters. The van der Waals surface area contributed by atoms with E-state index < -0.39 is 11.0 Å². The number of aromatic nitrogens is 2. The van der Waals surface area contributed by atoms with Gasteiger partial charge in [0, 0.05) is 36.0 Å². The summed E-state index contributed by atoms with van der Waals surface area (Å²) in [7, 11) is 5.01. The summed E-state index contributed by atoms with van der Waals surface area (Å²) in [4.78, 5) is 15.5. The molecule has 0 saturated carbocycles. The molecule has 0 amide bonds. The highest BCUT2D eigenvalue weighted by molar-refractivity contribution is 9.10. The van der Waals surface area contributed by atoms with Crippen LogP contribution in [0.4, 0.5) is 11.4 Å². The van der Waals surface area contributed by atoms with Crippen molar-refractivity contribution >= 4 is 27.3 Å². The fraction of sp³-hybridized carbons (Fsp3) is 0.211.